The van der Waals surface area contributed by atoms with Crippen molar-refractivity contribution in [1.82, 2.24) is 0 Å². The summed E-state index contributed by atoms with van der Waals surface area (Å²) in [7, 11) is 0. The van der Waals surface area contributed by atoms with Crippen LogP contribution in [0.15, 0.2) is 245 Å². The van der Waals surface area contributed by atoms with Gasteiger partial charge in [0.05, 0.1) is 16.8 Å². The number of anilines is 3. The number of hydrogen-bond acceptors (Lipinski definition) is 3. The first-order valence-electron chi connectivity index (χ1n) is 22.1. The largest absolute Gasteiger partial charge is 0.456 e. The van der Waals surface area contributed by atoms with E-state index in [0.717, 1.165) is 94.0 Å². The van der Waals surface area contributed by atoms with E-state index in [0.29, 0.717) is 0 Å². The van der Waals surface area contributed by atoms with Gasteiger partial charge in [-0.2, -0.15) is 0 Å². The first-order valence-corrected chi connectivity index (χ1v) is 22.1. The zero-order chi connectivity index (χ0) is 42.8. The van der Waals surface area contributed by atoms with Gasteiger partial charge in [0.15, 0.2) is 0 Å². The monoisotopic (exact) mass is 829 g/mol. The second-order valence-electron chi connectivity index (χ2n) is 16.8. The Bertz CT molecular complexity index is 3930. The van der Waals surface area contributed by atoms with Crippen LogP contribution < -0.4 is 4.90 Å². The summed E-state index contributed by atoms with van der Waals surface area (Å²) in [5, 5.41) is 8.98. The Labute approximate surface area is 375 Å². The maximum atomic E-state index is 6.77. The molecule has 0 bridgehead atoms. The fraction of sp³-hybridized carbons (Fsp3) is 0. The van der Waals surface area contributed by atoms with E-state index in [2.05, 4.69) is 241 Å². The fourth-order valence-corrected chi connectivity index (χ4v) is 9.92. The Morgan fingerprint density at radius 1 is 0.277 bits per heavy atom. The molecule has 2 aromatic heterocycles. The van der Waals surface area contributed by atoms with Gasteiger partial charge in [-0.1, -0.05) is 176 Å². The van der Waals surface area contributed by atoms with Crippen molar-refractivity contribution in [2.45, 2.75) is 0 Å². The van der Waals surface area contributed by atoms with Crippen LogP contribution >= 0.6 is 0 Å². The molecule has 13 aromatic rings. The maximum absolute atomic E-state index is 6.77. The van der Waals surface area contributed by atoms with Crippen LogP contribution in [0.5, 0.6) is 0 Å². The molecule has 0 saturated heterocycles. The van der Waals surface area contributed by atoms with Crippen LogP contribution in [0.4, 0.5) is 17.1 Å². The number of rotatable bonds is 7. The number of nitrogens with zero attached hydrogens (tertiary/aromatic N) is 1. The molecular formula is C62H39NO2. The molecule has 0 amide bonds. The molecule has 0 aliphatic heterocycles. The molecule has 2 heterocycles. The van der Waals surface area contributed by atoms with Crippen LogP contribution in [0.2, 0.25) is 0 Å². The highest BCUT2D eigenvalue weighted by atomic mass is 16.3. The quantitative estimate of drug-likeness (QED) is 0.160. The third-order valence-electron chi connectivity index (χ3n) is 13.1. The highest BCUT2D eigenvalue weighted by Crippen LogP contribution is 2.48. The summed E-state index contributed by atoms with van der Waals surface area (Å²) in [5.74, 6) is 0. The Morgan fingerprint density at radius 3 is 1.65 bits per heavy atom. The average Bonchev–Trinajstić information content (AvgIpc) is 3.95. The lowest BCUT2D eigenvalue weighted by molar-refractivity contribution is 0.669. The Balaban J connectivity index is 0.958. The van der Waals surface area contributed by atoms with Crippen molar-refractivity contribution in [3.05, 3.63) is 237 Å². The van der Waals surface area contributed by atoms with Crippen LogP contribution in [-0.2, 0) is 0 Å². The van der Waals surface area contributed by atoms with Crippen LogP contribution in [0.3, 0.4) is 0 Å². The smallest absolute Gasteiger partial charge is 0.143 e. The van der Waals surface area contributed by atoms with E-state index in [4.69, 9.17) is 8.83 Å². The molecule has 304 valence electrons. The second-order valence-corrected chi connectivity index (χ2v) is 16.8. The highest BCUT2D eigenvalue weighted by molar-refractivity contribution is 6.20. The number of fused-ring (bicyclic) bond motifs is 9. The molecule has 3 nitrogen and oxygen atoms in total. The fourth-order valence-electron chi connectivity index (χ4n) is 9.92. The number of hydrogen-bond donors (Lipinski definition) is 0. The van der Waals surface area contributed by atoms with Gasteiger partial charge in [-0.15, -0.1) is 0 Å². The van der Waals surface area contributed by atoms with E-state index in [9.17, 15) is 0 Å². The van der Waals surface area contributed by atoms with Crippen molar-refractivity contribution < 1.29 is 8.83 Å². The molecule has 0 aliphatic carbocycles. The summed E-state index contributed by atoms with van der Waals surface area (Å²) in [6.07, 6.45) is 0. The van der Waals surface area contributed by atoms with Crippen LogP contribution in [-0.4, -0.2) is 0 Å². The molecule has 65 heavy (non-hydrogen) atoms. The minimum Gasteiger partial charge on any atom is -0.456 e. The summed E-state index contributed by atoms with van der Waals surface area (Å²) in [6.45, 7) is 0. The van der Waals surface area contributed by atoms with Crippen molar-refractivity contribution in [2.24, 2.45) is 0 Å². The molecule has 0 aliphatic rings. The molecule has 0 atom stereocenters. The Kier molecular flexibility index (Phi) is 8.53. The molecule has 3 heteroatoms. The van der Waals surface area contributed by atoms with Gasteiger partial charge in [-0.25, -0.2) is 0 Å². The summed E-state index contributed by atoms with van der Waals surface area (Å²) in [4.78, 5) is 2.40. The van der Waals surface area contributed by atoms with Crippen molar-refractivity contribution in [3.8, 4) is 44.5 Å². The van der Waals surface area contributed by atoms with Gasteiger partial charge < -0.3 is 13.7 Å². The third-order valence-corrected chi connectivity index (χ3v) is 13.1. The molecule has 0 spiro atoms. The minimum absolute atomic E-state index is 0.848. The van der Waals surface area contributed by atoms with Gasteiger partial charge >= 0.3 is 0 Å². The molecule has 0 saturated carbocycles. The zero-order valence-electron chi connectivity index (χ0n) is 35.3. The molecular weight excluding hydrogens is 791 g/mol. The summed E-state index contributed by atoms with van der Waals surface area (Å²) in [5.41, 5.74) is 16.0. The zero-order valence-corrected chi connectivity index (χ0v) is 35.3. The number of benzene rings is 11. The molecule has 0 fully saturated rings. The van der Waals surface area contributed by atoms with Crippen molar-refractivity contribution in [3.63, 3.8) is 0 Å². The van der Waals surface area contributed by atoms with Gasteiger partial charge in [0.2, 0.25) is 0 Å². The van der Waals surface area contributed by atoms with E-state index in [1.807, 2.05) is 0 Å². The van der Waals surface area contributed by atoms with Crippen LogP contribution in [0.25, 0.3) is 110 Å². The van der Waals surface area contributed by atoms with Gasteiger partial charge in [-0.05, 0) is 116 Å². The van der Waals surface area contributed by atoms with Gasteiger partial charge in [0.1, 0.15) is 22.3 Å². The van der Waals surface area contributed by atoms with Crippen LogP contribution in [0.1, 0.15) is 0 Å². The third kappa shape index (κ3) is 6.20. The van der Waals surface area contributed by atoms with Crippen molar-refractivity contribution >= 4 is 82.5 Å². The van der Waals surface area contributed by atoms with Crippen molar-refractivity contribution in [2.75, 3.05) is 4.90 Å². The predicted molar refractivity (Wildman–Crippen MR) is 272 cm³/mol. The molecule has 0 N–H and O–H groups in total. The van der Waals surface area contributed by atoms with Gasteiger partial charge in [-0.3, -0.25) is 0 Å². The first kappa shape index (κ1) is 36.9. The van der Waals surface area contributed by atoms with Gasteiger partial charge in [0, 0.05) is 32.8 Å². The second kappa shape index (κ2) is 15.0. The lowest BCUT2D eigenvalue weighted by atomic mass is 9.93. The number of para-hydroxylation sites is 1. The summed E-state index contributed by atoms with van der Waals surface area (Å²) in [6, 6.07) is 84.7. The standard InChI is InChI=1S/C62H39NO2/c1-2-13-42(14-3-1)49-18-8-9-19-50(49)44-27-25-40(26-28-44)41-29-33-48(34-30-41)63(57-23-12-24-59-61(57)53-35-31-43-15-6-7-21-52(43)62(53)65-59)56-22-11-10-20-51(56)47-32-36-58-54(38-47)55-37-45-16-4-5-17-46(45)39-60(55)64-58/h1-39H. The predicted octanol–water partition coefficient (Wildman–Crippen LogP) is 17.9. The normalized spacial score (nSPS) is 11.7. The number of furan rings is 2. The van der Waals surface area contributed by atoms with Crippen molar-refractivity contribution in [1.29, 1.82) is 0 Å². The maximum Gasteiger partial charge on any atom is 0.143 e. The van der Waals surface area contributed by atoms with E-state index < -0.39 is 0 Å². The van der Waals surface area contributed by atoms with Gasteiger partial charge in [0.25, 0.3) is 0 Å². The van der Waals surface area contributed by atoms with E-state index in [1.54, 1.807) is 0 Å². The van der Waals surface area contributed by atoms with E-state index in [-0.39, 0.29) is 0 Å². The molecule has 0 radical (unpaired) electrons. The SMILES string of the molecule is c1ccc(-c2ccccc2-c2ccc(-c3ccc(N(c4ccccc4-c4ccc5oc6cc7ccccc7cc6c5c4)c4cccc5oc6c7ccccc7ccc6c45)cc3)cc2)cc1. The first-order chi connectivity index (χ1) is 32.2. The van der Waals surface area contributed by atoms with Crippen LogP contribution in [0, 0.1) is 0 Å². The Hall–Kier alpha value is -8.66. The summed E-state index contributed by atoms with van der Waals surface area (Å²) >= 11 is 0. The van der Waals surface area contributed by atoms with E-state index in [1.165, 1.54) is 33.0 Å². The molecule has 0 unspecified atom stereocenters. The lowest BCUT2D eigenvalue weighted by Crippen LogP contribution is -2.11. The molecule has 11 aromatic carbocycles. The topological polar surface area (TPSA) is 29.5 Å². The lowest BCUT2D eigenvalue weighted by Gasteiger charge is -2.28. The van der Waals surface area contributed by atoms with E-state index >= 15 is 0 Å². The highest BCUT2D eigenvalue weighted by Gasteiger charge is 2.23. The molecule has 13 rings (SSSR count). The Morgan fingerprint density at radius 2 is 0.862 bits per heavy atom. The minimum atomic E-state index is 0.848. The average molecular weight is 830 g/mol. The summed E-state index contributed by atoms with van der Waals surface area (Å²) < 4.78 is 13.2.